The number of hydrogen-bond acceptors (Lipinski definition) is 3. The number of aromatic nitrogens is 1. The van der Waals surface area contributed by atoms with Gasteiger partial charge in [-0.05, 0) is 56.9 Å². The van der Waals surface area contributed by atoms with E-state index >= 15 is 0 Å². The van der Waals surface area contributed by atoms with Gasteiger partial charge in [0.05, 0.1) is 5.52 Å². The summed E-state index contributed by atoms with van der Waals surface area (Å²) in [6.07, 6.45) is 3.93. The summed E-state index contributed by atoms with van der Waals surface area (Å²) in [7, 11) is 0. The molecule has 0 atom stereocenters. The summed E-state index contributed by atoms with van der Waals surface area (Å²) in [5.74, 6) is 0. The molecule has 3 rings (SSSR count). The van der Waals surface area contributed by atoms with Crippen molar-refractivity contribution in [2.45, 2.75) is 33.1 Å². The van der Waals surface area contributed by atoms with Gasteiger partial charge in [-0.25, -0.2) is 0 Å². The molecule has 3 heteroatoms. The molecule has 0 radical (unpaired) electrons. The van der Waals surface area contributed by atoms with Crippen molar-refractivity contribution in [3.63, 3.8) is 0 Å². The Hall–Kier alpha value is -1.77. The van der Waals surface area contributed by atoms with Gasteiger partial charge >= 0.3 is 0 Å². The first-order valence-electron chi connectivity index (χ1n) is 7.08. The molecule has 0 unspecified atom stereocenters. The van der Waals surface area contributed by atoms with Crippen molar-refractivity contribution < 1.29 is 0 Å². The van der Waals surface area contributed by atoms with Gasteiger partial charge < -0.3 is 10.6 Å². The van der Waals surface area contributed by atoms with Crippen LogP contribution < -0.4 is 10.6 Å². The molecule has 1 fully saturated rings. The quantitative estimate of drug-likeness (QED) is 0.849. The maximum atomic E-state index is 6.26. The number of anilines is 2. The van der Waals surface area contributed by atoms with Gasteiger partial charge in [-0.3, -0.25) is 4.98 Å². The van der Waals surface area contributed by atoms with Gasteiger partial charge in [-0.2, -0.15) is 0 Å². The Morgan fingerprint density at radius 3 is 2.58 bits per heavy atom. The highest BCUT2D eigenvalue weighted by Gasteiger charge is 2.13. The highest BCUT2D eigenvalue weighted by atomic mass is 15.1. The van der Waals surface area contributed by atoms with Gasteiger partial charge in [0, 0.05) is 35.5 Å². The van der Waals surface area contributed by atoms with E-state index in [-0.39, 0.29) is 0 Å². The average Bonchev–Trinajstić information content (AvgIpc) is 2.46. The molecule has 1 aromatic heterocycles. The second-order valence-corrected chi connectivity index (χ2v) is 5.49. The second-order valence-electron chi connectivity index (χ2n) is 5.49. The Balaban J connectivity index is 2.09. The predicted molar refractivity (Wildman–Crippen MR) is 81.7 cm³/mol. The van der Waals surface area contributed by atoms with Crippen molar-refractivity contribution in [1.82, 2.24) is 4.98 Å². The Morgan fingerprint density at radius 1 is 1.11 bits per heavy atom. The number of piperidine rings is 1. The van der Waals surface area contributed by atoms with Crippen LogP contribution in [0.1, 0.15) is 30.5 Å². The van der Waals surface area contributed by atoms with E-state index in [0.29, 0.717) is 0 Å². The van der Waals surface area contributed by atoms with Crippen LogP contribution in [0.2, 0.25) is 0 Å². The normalized spacial score (nSPS) is 16.0. The minimum atomic E-state index is 0.876. The number of nitrogens with two attached hydrogens (primary N) is 1. The Kier molecular flexibility index (Phi) is 3.05. The topological polar surface area (TPSA) is 42.2 Å². The maximum absolute atomic E-state index is 6.26. The molecule has 100 valence electrons. The predicted octanol–water partition coefficient (Wildman–Crippen LogP) is 3.42. The Labute approximate surface area is 114 Å². The molecule has 2 N–H and O–H groups in total. The third-order valence-corrected chi connectivity index (χ3v) is 4.23. The average molecular weight is 255 g/mol. The minimum Gasteiger partial charge on any atom is -0.398 e. The highest BCUT2D eigenvalue weighted by Crippen LogP contribution is 2.29. The van der Waals surface area contributed by atoms with Gasteiger partial charge in [-0.1, -0.05) is 0 Å². The molecule has 0 aliphatic carbocycles. The molecule has 0 bridgehead atoms. The first kappa shape index (κ1) is 12.3. The van der Waals surface area contributed by atoms with Crippen LogP contribution in [0.15, 0.2) is 18.2 Å². The fraction of sp³-hybridized carbons (Fsp3) is 0.438. The number of hydrogen-bond donors (Lipinski definition) is 1. The summed E-state index contributed by atoms with van der Waals surface area (Å²) in [6, 6.07) is 6.48. The first-order chi connectivity index (χ1) is 9.16. The maximum Gasteiger partial charge on any atom is 0.0727 e. The van der Waals surface area contributed by atoms with Crippen molar-refractivity contribution in [2.75, 3.05) is 23.7 Å². The van der Waals surface area contributed by atoms with Gasteiger partial charge in [0.1, 0.15) is 0 Å². The molecule has 1 aromatic carbocycles. The van der Waals surface area contributed by atoms with Crippen molar-refractivity contribution in [2.24, 2.45) is 0 Å². The molecule has 1 aliphatic heterocycles. The molecule has 2 heterocycles. The van der Waals surface area contributed by atoms with E-state index in [1.54, 1.807) is 0 Å². The lowest BCUT2D eigenvalue weighted by atomic mass is 10.1. The van der Waals surface area contributed by atoms with E-state index in [4.69, 9.17) is 5.73 Å². The lowest BCUT2D eigenvalue weighted by Crippen LogP contribution is -2.29. The van der Waals surface area contributed by atoms with Crippen molar-refractivity contribution in [1.29, 1.82) is 0 Å². The van der Waals surface area contributed by atoms with Crippen molar-refractivity contribution in [3.8, 4) is 0 Å². The summed E-state index contributed by atoms with van der Waals surface area (Å²) >= 11 is 0. The van der Waals surface area contributed by atoms with Crippen LogP contribution in [0, 0.1) is 13.8 Å². The van der Waals surface area contributed by atoms with Crippen LogP contribution in [0.3, 0.4) is 0 Å². The third-order valence-electron chi connectivity index (χ3n) is 4.23. The van der Waals surface area contributed by atoms with Crippen LogP contribution >= 0.6 is 0 Å². The zero-order valence-electron chi connectivity index (χ0n) is 11.7. The summed E-state index contributed by atoms with van der Waals surface area (Å²) in [5, 5.41) is 1.09. The Morgan fingerprint density at radius 2 is 1.84 bits per heavy atom. The van der Waals surface area contributed by atoms with E-state index in [1.807, 2.05) is 13.8 Å². The molecule has 0 spiro atoms. The summed E-state index contributed by atoms with van der Waals surface area (Å²) in [4.78, 5) is 7.08. The van der Waals surface area contributed by atoms with Crippen LogP contribution in [0.5, 0.6) is 0 Å². The smallest absolute Gasteiger partial charge is 0.0727 e. The van der Waals surface area contributed by atoms with E-state index in [0.717, 1.165) is 40.9 Å². The molecule has 2 aromatic rings. The zero-order valence-corrected chi connectivity index (χ0v) is 11.7. The zero-order chi connectivity index (χ0) is 13.4. The number of fused-ring (bicyclic) bond motifs is 1. The fourth-order valence-corrected chi connectivity index (χ4v) is 2.85. The summed E-state index contributed by atoms with van der Waals surface area (Å²) in [6.45, 7) is 6.38. The molecular formula is C16H21N3. The molecule has 0 saturated carbocycles. The monoisotopic (exact) mass is 255 g/mol. The van der Waals surface area contributed by atoms with Gasteiger partial charge in [0.25, 0.3) is 0 Å². The van der Waals surface area contributed by atoms with Crippen LogP contribution in [0.25, 0.3) is 10.9 Å². The van der Waals surface area contributed by atoms with Crippen LogP contribution in [-0.4, -0.2) is 18.1 Å². The second kappa shape index (κ2) is 4.72. The largest absolute Gasteiger partial charge is 0.398 e. The molecular weight excluding hydrogens is 234 g/mol. The lowest BCUT2D eigenvalue weighted by molar-refractivity contribution is 0.578. The van der Waals surface area contributed by atoms with Gasteiger partial charge in [0.2, 0.25) is 0 Å². The van der Waals surface area contributed by atoms with Crippen molar-refractivity contribution in [3.05, 3.63) is 29.5 Å². The van der Waals surface area contributed by atoms with Crippen LogP contribution in [-0.2, 0) is 0 Å². The van der Waals surface area contributed by atoms with E-state index in [2.05, 4.69) is 28.1 Å². The first-order valence-corrected chi connectivity index (χ1v) is 7.08. The SMILES string of the molecule is Cc1nc2ccc(N3CCCCC3)cc2c(N)c1C. The number of benzene rings is 1. The number of aryl methyl sites for hydroxylation is 1. The molecule has 1 saturated heterocycles. The summed E-state index contributed by atoms with van der Waals surface area (Å²) in [5.41, 5.74) is 11.5. The van der Waals surface area contributed by atoms with Gasteiger partial charge in [-0.15, -0.1) is 0 Å². The standard InChI is InChI=1S/C16H21N3/c1-11-12(2)18-15-7-6-13(10-14(15)16(11)17)19-8-4-3-5-9-19/h6-7,10H,3-5,8-9H2,1-2H3,(H2,17,18). The van der Waals surface area contributed by atoms with E-state index < -0.39 is 0 Å². The number of rotatable bonds is 1. The number of pyridine rings is 1. The number of nitrogens with zero attached hydrogens (tertiary/aromatic N) is 2. The molecule has 0 amide bonds. The highest BCUT2D eigenvalue weighted by molar-refractivity contribution is 5.94. The third kappa shape index (κ3) is 2.14. The summed E-state index contributed by atoms with van der Waals surface area (Å²) < 4.78 is 0. The lowest BCUT2D eigenvalue weighted by Gasteiger charge is -2.29. The van der Waals surface area contributed by atoms with Crippen LogP contribution in [0.4, 0.5) is 11.4 Å². The van der Waals surface area contributed by atoms with E-state index in [1.165, 1.54) is 24.9 Å². The molecule has 3 nitrogen and oxygen atoms in total. The van der Waals surface area contributed by atoms with E-state index in [9.17, 15) is 0 Å². The minimum absolute atomic E-state index is 0.876. The molecule has 19 heavy (non-hydrogen) atoms. The van der Waals surface area contributed by atoms with Crippen molar-refractivity contribution >= 4 is 22.3 Å². The fourth-order valence-electron chi connectivity index (χ4n) is 2.85. The van der Waals surface area contributed by atoms with Gasteiger partial charge in [0.15, 0.2) is 0 Å². The molecule has 1 aliphatic rings. The number of nitrogen functional groups attached to an aromatic ring is 1. The Bertz CT molecular complexity index is 613.